The molecule has 3 aromatic rings. The molecule has 0 heterocycles. The van der Waals surface area contributed by atoms with Crippen molar-refractivity contribution in [2.24, 2.45) is 5.84 Å². The summed E-state index contributed by atoms with van der Waals surface area (Å²) in [6.07, 6.45) is 0. The van der Waals surface area contributed by atoms with Gasteiger partial charge in [0.2, 0.25) is 0 Å². The lowest BCUT2D eigenvalue weighted by molar-refractivity contribution is 0.295. The number of hydrogen-bond donors (Lipinski definition) is 1. The smallest absolute Gasteiger partial charge is 0.127 e. The fourth-order valence-corrected chi connectivity index (χ4v) is 3.07. The number of benzene rings is 3. The summed E-state index contributed by atoms with van der Waals surface area (Å²) in [5.74, 6) is 7.53. The summed E-state index contributed by atoms with van der Waals surface area (Å²) in [7, 11) is 3.44. The molecule has 4 nitrogen and oxygen atoms in total. The lowest BCUT2D eigenvalue weighted by Crippen LogP contribution is -2.26. The molecule has 27 heavy (non-hydrogen) atoms. The van der Waals surface area contributed by atoms with Gasteiger partial charge < -0.3 is 14.5 Å². The van der Waals surface area contributed by atoms with Crippen LogP contribution in [-0.2, 0) is 6.61 Å². The predicted octanol–water partition coefficient (Wildman–Crippen LogP) is 5.21. The molecule has 0 amide bonds. The summed E-state index contributed by atoms with van der Waals surface area (Å²) in [4.78, 5) is 0. The maximum Gasteiger partial charge on any atom is 0.127 e. The Balaban J connectivity index is 1.89. The van der Waals surface area contributed by atoms with E-state index in [1.165, 1.54) is 0 Å². The number of nitrogens with zero attached hydrogens (tertiary/aromatic N) is 1. The van der Waals surface area contributed by atoms with E-state index < -0.39 is 0 Å². The van der Waals surface area contributed by atoms with Gasteiger partial charge in [-0.1, -0.05) is 41.9 Å². The van der Waals surface area contributed by atoms with E-state index in [0.29, 0.717) is 6.61 Å². The maximum absolute atomic E-state index is 6.15. The lowest BCUT2D eigenvalue weighted by Gasteiger charge is -2.20. The van der Waals surface area contributed by atoms with E-state index in [4.69, 9.17) is 26.9 Å². The Morgan fingerprint density at radius 2 is 1.67 bits per heavy atom. The molecule has 0 saturated heterocycles. The molecule has 3 rings (SSSR count). The lowest BCUT2D eigenvalue weighted by atomic mass is 10.0. The highest BCUT2D eigenvalue weighted by atomic mass is 35.5. The second kappa shape index (κ2) is 8.33. The van der Waals surface area contributed by atoms with Gasteiger partial charge in [0.1, 0.15) is 18.1 Å². The topological polar surface area (TPSA) is 47.7 Å². The molecule has 0 unspecified atom stereocenters. The summed E-state index contributed by atoms with van der Waals surface area (Å²) in [5, 5.41) is 2.29. The standard InChI is InChI=1S/C22H23ClN2O2/c1-15-7-8-17(16-9-11-18(23)12-10-16)13-22(15)27-14-19-20(25(2)24)5-4-6-21(19)26-3/h4-13H,14,24H2,1-3H3. The van der Waals surface area contributed by atoms with Crippen molar-refractivity contribution in [1.82, 2.24) is 0 Å². The maximum atomic E-state index is 6.15. The van der Waals surface area contributed by atoms with Gasteiger partial charge >= 0.3 is 0 Å². The van der Waals surface area contributed by atoms with E-state index >= 15 is 0 Å². The Bertz CT molecular complexity index is 924. The van der Waals surface area contributed by atoms with E-state index in [-0.39, 0.29) is 0 Å². The summed E-state index contributed by atoms with van der Waals surface area (Å²) in [5.41, 5.74) is 4.99. The molecule has 140 valence electrons. The van der Waals surface area contributed by atoms with Crippen molar-refractivity contribution in [2.75, 3.05) is 19.2 Å². The third-order valence-corrected chi connectivity index (χ3v) is 4.70. The normalized spacial score (nSPS) is 10.6. The number of rotatable bonds is 6. The monoisotopic (exact) mass is 382 g/mol. The number of anilines is 1. The van der Waals surface area contributed by atoms with Crippen molar-refractivity contribution >= 4 is 17.3 Å². The first-order valence-electron chi connectivity index (χ1n) is 8.63. The molecule has 0 spiro atoms. The zero-order chi connectivity index (χ0) is 19.4. The number of hydrazine groups is 1. The molecule has 5 heteroatoms. The van der Waals surface area contributed by atoms with Gasteiger partial charge in [-0.25, -0.2) is 5.84 Å². The van der Waals surface area contributed by atoms with Gasteiger partial charge in [-0.2, -0.15) is 0 Å². The van der Waals surface area contributed by atoms with Crippen LogP contribution in [0, 0.1) is 6.92 Å². The molecule has 0 fully saturated rings. The van der Waals surface area contributed by atoms with E-state index in [1.807, 2.05) is 55.5 Å². The average Bonchev–Trinajstić information content (AvgIpc) is 2.67. The zero-order valence-electron chi connectivity index (χ0n) is 15.7. The van der Waals surface area contributed by atoms with Gasteiger partial charge in [0.25, 0.3) is 0 Å². The van der Waals surface area contributed by atoms with Crippen LogP contribution in [0.2, 0.25) is 5.02 Å². The predicted molar refractivity (Wildman–Crippen MR) is 112 cm³/mol. The molecule has 0 aliphatic carbocycles. The van der Waals surface area contributed by atoms with Gasteiger partial charge in [0.15, 0.2) is 0 Å². The van der Waals surface area contributed by atoms with Crippen LogP contribution in [0.5, 0.6) is 11.5 Å². The van der Waals surface area contributed by atoms with Crippen LogP contribution >= 0.6 is 11.6 Å². The zero-order valence-corrected chi connectivity index (χ0v) is 16.5. The molecule has 0 radical (unpaired) electrons. The van der Waals surface area contributed by atoms with E-state index in [0.717, 1.165) is 44.5 Å². The molecule has 0 bridgehead atoms. The molecular weight excluding hydrogens is 360 g/mol. The Morgan fingerprint density at radius 3 is 2.33 bits per heavy atom. The molecule has 2 N–H and O–H groups in total. The molecule has 0 aromatic heterocycles. The van der Waals surface area contributed by atoms with Crippen molar-refractivity contribution in [1.29, 1.82) is 0 Å². The van der Waals surface area contributed by atoms with E-state index in [1.54, 1.807) is 19.2 Å². The Hall–Kier alpha value is -2.69. The van der Waals surface area contributed by atoms with Crippen molar-refractivity contribution < 1.29 is 9.47 Å². The molecule has 0 aliphatic rings. The van der Waals surface area contributed by atoms with Gasteiger partial charge in [-0.3, -0.25) is 0 Å². The number of hydrogen-bond acceptors (Lipinski definition) is 4. The van der Waals surface area contributed by atoms with Crippen LogP contribution in [0.25, 0.3) is 11.1 Å². The van der Waals surface area contributed by atoms with E-state index in [2.05, 4.69) is 12.1 Å². The summed E-state index contributed by atoms with van der Waals surface area (Å²) < 4.78 is 11.6. The van der Waals surface area contributed by atoms with Crippen molar-refractivity contribution in [3.8, 4) is 22.6 Å². The Labute approximate surface area is 165 Å². The van der Waals surface area contributed by atoms with E-state index in [9.17, 15) is 0 Å². The minimum atomic E-state index is 0.353. The van der Waals surface area contributed by atoms with Crippen LogP contribution in [0.3, 0.4) is 0 Å². The van der Waals surface area contributed by atoms with Crippen molar-refractivity contribution in [3.63, 3.8) is 0 Å². The highest BCUT2D eigenvalue weighted by Gasteiger charge is 2.13. The number of ether oxygens (including phenoxy) is 2. The summed E-state index contributed by atoms with van der Waals surface area (Å²) in [6.45, 7) is 2.38. The SMILES string of the molecule is COc1cccc(N(C)N)c1COc1cc(-c2ccc(Cl)cc2)ccc1C. The molecule has 0 saturated carbocycles. The van der Waals surface area contributed by atoms with Crippen molar-refractivity contribution in [3.05, 3.63) is 76.8 Å². The second-order valence-corrected chi connectivity index (χ2v) is 6.78. The van der Waals surface area contributed by atoms with Crippen molar-refractivity contribution in [2.45, 2.75) is 13.5 Å². The largest absolute Gasteiger partial charge is 0.496 e. The first-order valence-corrected chi connectivity index (χ1v) is 9.01. The number of nitrogens with two attached hydrogens (primary N) is 1. The minimum Gasteiger partial charge on any atom is -0.496 e. The van der Waals surface area contributed by atoms with Gasteiger partial charge in [-0.05, 0) is 53.9 Å². The highest BCUT2D eigenvalue weighted by molar-refractivity contribution is 6.30. The van der Waals surface area contributed by atoms with Gasteiger partial charge in [0, 0.05) is 12.1 Å². The van der Waals surface area contributed by atoms with Crippen LogP contribution in [0.1, 0.15) is 11.1 Å². The fraction of sp³-hybridized carbons (Fsp3) is 0.182. The Morgan fingerprint density at radius 1 is 0.963 bits per heavy atom. The number of halogens is 1. The average molecular weight is 383 g/mol. The second-order valence-electron chi connectivity index (χ2n) is 6.34. The minimum absolute atomic E-state index is 0.353. The number of aryl methyl sites for hydroxylation is 1. The molecule has 3 aromatic carbocycles. The summed E-state index contributed by atoms with van der Waals surface area (Å²) in [6, 6.07) is 19.7. The quantitative estimate of drug-likeness (QED) is 0.469. The van der Waals surface area contributed by atoms with Gasteiger partial charge in [-0.15, -0.1) is 0 Å². The van der Waals surface area contributed by atoms with Crippen LogP contribution in [0.15, 0.2) is 60.7 Å². The molecule has 0 atom stereocenters. The molecular formula is C22H23ClN2O2. The van der Waals surface area contributed by atoms with Crippen LogP contribution < -0.4 is 20.3 Å². The first-order chi connectivity index (χ1) is 13.0. The first kappa shape index (κ1) is 19.1. The van der Waals surface area contributed by atoms with Crippen LogP contribution in [-0.4, -0.2) is 14.2 Å². The van der Waals surface area contributed by atoms with Crippen LogP contribution in [0.4, 0.5) is 5.69 Å². The third kappa shape index (κ3) is 4.35. The highest BCUT2D eigenvalue weighted by Crippen LogP contribution is 2.32. The fourth-order valence-electron chi connectivity index (χ4n) is 2.95. The third-order valence-electron chi connectivity index (χ3n) is 4.45. The number of methoxy groups -OCH3 is 1. The molecule has 0 aliphatic heterocycles. The Kier molecular flexibility index (Phi) is 5.89. The van der Waals surface area contributed by atoms with Gasteiger partial charge in [0.05, 0.1) is 18.4 Å². The summed E-state index contributed by atoms with van der Waals surface area (Å²) >= 11 is 5.99.